The lowest BCUT2D eigenvalue weighted by Crippen LogP contribution is -2.29. The molecule has 5 heteroatoms. The second-order valence-electron chi connectivity index (χ2n) is 4.80. The Bertz CT molecular complexity index is 525. The van der Waals surface area contributed by atoms with Gasteiger partial charge in [0, 0.05) is 18.2 Å². The summed E-state index contributed by atoms with van der Waals surface area (Å²) in [6.07, 6.45) is 0.705. The van der Waals surface area contributed by atoms with Gasteiger partial charge in [0.1, 0.15) is 5.75 Å². The summed E-state index contributed by atoms with van der Waals surface area (Å²) in [6, 6.07) is 6.08. The second kappa shape index (κ2) is 5.28. The van der Waals surface area contributed by atoms with Crippen LogP contribution in [0.25, 0.3) is 0 Å². The third-order valence-electron chi connectivity index (χ3n) is 3.25. The van der Waals surface area contributed by atoms with E-state index in [0.29, 0.717) is 18.7 Å². The summed E-state index contributed by atoms with van der Waals surface area (Å²) < 4.78 is 28.0. The maximum Gasteiger partial charge on any atom is 0.151 e. The second-order valence-corrected chi connectivity index (χ2v) is 7.02. The number of aryl methyl sites for hydroxylation is 1. The molecule has 0 aromatic heterocycles. The summed E-state index contributed by atoms with van der Waals surface area (Å²) in [7, 11) is -1.17. The predicted octanol–water partition coefficient (Wildman–Crippen LogP) is 1.28. The van der Waals surface area contributed by atoms with Crippen LogP contribution in [0.5, 0.6) is 5.75 Å². The topological polar surface area (TPSA) is 55.4 Å². The van der Waals surface area contributed by atoms with Crippen LogP contribution in [0, 0.1) is 6.92 Å². The van der Waals surface area contributed by atoms with Crippen LogP contribution in [-0.2, 0) is 16.4 Å². The molecule has 1 atom stereocenters. The summed E-state index contributed by atoms with van der Waals surface area (Å²) in [5.74, 6) is 1.39. The van der Waals surface area contributed by atoms with Crippen LogP contribution in [0.4, 0.5) is 0 Å². The summed E-state index contributed by atoms with van der Waals surface area (Å²) in [5, 5.41) is 3.30. The zero-order valence-corrected chi connectivity index (χ0v) is 11.6. The fourth-order valence-corrected chi connectivity index (χ4v) is 3.96. The number of nitrogens with one attached hydrogen (secondary N) is 1. The highest BCUT2D eigenvalue weighted by molar-refractivity contribution is 7.91. The standard InChI is InChI=1S/C13H19NO3S/c1-10-3-4-13(17-2)11(7-10)8-14-12-5-6-18(15,16)9-12/h3-4,7,12,14H,5-6,8-9H2,1-2H3. The van der Waals surface area contributed by atoms with Crippen molar-refractivity contribution in [3.05, 3.63) is 29.3 Å². The number of rotatable bonds is 4. The molecule has 1 unspecified atom stereocenters. The van der Waals surface area contributed by atoms with Crippen molar-refractivity contribution in [1.82, 2.24) is 5.32 Å². The summed E-state index contributed by atoms with van der Waals surface area (Å²) in [6.45, 7) is 2.67. The number of ether oxygens (including phenoxy) is 1. The Balaban J connectivity index is 2.00. The normalized spacial score (nSPS) is 22.0. The monoisotopic (exact) mass is 269 g/mol. The average Bonchev–Trinajstić information content (AvgIpc) is 2.66. The van der Waals surface area contributed by atoms with E-state index < -0.39 is 9.84 Å². The van der Waals surface area contributed by atoms with Crippen molar-refractivity contribution in [3.63, 3.8) is 0 Å². The molecule has 1 N–H and O–H groups in total. The molecule has 2 rings (SSSR count). The maximum absolute atomic E-state index is 11.4. The smallest absolute Gasteiger partial charge is 0.151 e. The van der Waals surface area contributed by atoms with E-state index in [1.807, 2.05) is 19.1 Å². The minimum atomic E-state index is -2.82. The van der Waals surface area contributed by atoms with E-state index in [1.54, 1.807) is 7.11 Å². The molecule has 0 bridgehead atoms. The SMILES string of the molecule is COc1ccc(C)cc1CNC1CCS(=O)(=O)C1. The van der Waals surface area contributed by atoms with E-state index in [9.17, 15) is 8.42 Å². The molecule has 1 aliphatic rings. The van der Waals surface area contributed by atoms with Crippen LogP contribution in [0.3, 0.4) is 0 Å². The van der Waals surface area contributed by atoms with Gasteiger partial charge in [-0.2, -0.15) is 0 Å². The Hall–Kier alpha value is -1.07. The quantitative estimate of drug-likeness (QED) is 0.894. The predicted molar refractivity (Wildman–Crippen MR) is 71.6 cm³/mol. The van der Waals surface area contributed by atoms with Gasteiger partial charge in [-0.05, 0) is 19.4 Å². The molecule has 1 aliphatic heterocycles. The van der Waals surface area contributed by atoms with Gasteiger partial charge < -0.3 is 10.1 Å². The van der Waals surface area contributed by atoms with Gasteiger partial charge in [0.05, 0.1) is 18.6 Å². The molecule has 4 nitrogen and oxygen atoms in total. The van der Waals surface area contributed by atoms with Gasteiger partial charge in [0.2, 0.25) is 0 Å². The average molecular weight is 269 g/mol. The number of benzene rings is 1. The lowest BCUT2D eigenvalue weighted by molar-refractivity contribution is 0.405. The van der Waals surface area contributed by atoms with Crippen LogP contribution in [-0.4, -0.2) is 33.1 Å². The highest BCUT2D eigenvalue weighted by Gasteiger charge is 2.27. The van der Waals surface area contributed by atoms with Gasteiger partial charge in [-0.15, -0.1) is 0 Å². The molecule has 0 amide bonds. The molecular weight excluding hydrogens is 250 g/mol. The van der Waals surface area contributed by atoms with E-state index in [2.05, 4.69) is 11.4 Å². The van der Waals surface area contributed by atoms with Gasteiger partial charge in [0.15, 0.2) is 9.84 Å². The summed E-state index contributed by atoms with van der Waals surface area (Å²) in [4.78, 5) is 0. The largest absolute Gasteiger partial charge is 0.496 e. The number of methoxy groups -OCH3 is 1. The lowest BCUT2D eigenvalue weighted by Gasteiger charge is -2.13. The van der Waals surface area contributed by atoms with Crippen molar-refractivity contribution < 1.29 is 13.2 Å². The van der Waals surface area contributed by atoms with Crippen molar-refractivity contribution in [2.75, 3.05) is 18.6 Å². The van der Waals surface area contributed by atoms with Gasteiger partial charge in [-0.1, -0.05) is 17.7 Å². The zero-order valence-electron chi connectivity index (χ0n) is 10.8. The summed E-state index contributed by atoms with van der Waals surface area (Å²) >= 11 is 0. The van der Waals surface area contributed by atoms with Crippen LogP contribution in [0.15, 0.2) is 18.2 Å². The molecule has 1 fully saturated rings. The first-order valence-corrected chi connectivity index (χ1v) is 7.89. The van der Waals surface area contributed by atoms with Crippen LogP contribution in [0.2, 0.25) is 0 Å². The van der Waals surface area contributed by atoms with Gasteiger partial charge in [0.25, 0.3) is 0 Å². The highest BCUT2D eigenvalue weighted by atomic mass is 32.2. The fourth-order valence-electron chi connectivity index (χ4n) is 2.26. The van der Waals surface area contributed by atoms with Gasteiger partial charge in [-0.25, -0.2) is 8.42 Å². The van der Waals surface area contributed by atoms with Crippen LogP contribution in [0.1, 0.15) is 17.5 Å². The van der Waals surface area contributed by atoms with Crippen LogP contribution >= 0.6 is 0 Å². The third kappa shape index (κ3) is 3.23. The van der Waals surface area contributed by atoms with Crippen molar-refractivity contribution in [2.24, 2.45) is 0 Å². The minimum absolute atomic E-state index is 0.0696. The molecule has 0 spiro atoms. The first kappa shape index (κ1) is 13.4. The van der Waals surface area contributed by atoms with E-state index in [0.717, 1.165) is 11.3 Å². The Morgan fingerprint density at radius 1 is 1.44 bits per heavy atom. The maximum atomic E-state index is 11.4. The lowest BCUT2D eigenvalue weighted by atomic mass is 10.1. The molecule has 0 radical (unpaired) electrons. The van der Waals surface area contributed by atoms with Crippen molar-refractivity contribution in [1.29, 1.82) is 0 Å². The molecule has 0 saturated carbocycles. The van der Waals surface area contributed by atoms with Crippen molar-refractivity contribution >= 4 is 9.84 Å². The minimum Gasteiger partial charge on any atom is -0.496 e. The number of hydrogen-bond donors (Lipinski definition) is 1. The third-order valence-corrected chi connectivity index (χ3v) is 5.02. The molecule has 1 heterocycles. The molecule has 18 heavy (non-hydrogen) atoms. The molecule has 1 aromatic carbocycles. The van der Waals surface area contributed by atoms with Gasteiger partial charge in [-0.3, -0.25) is 0 Å². The highest BCUT2D eigenvalue weighted by Crippen LogP contribution is 2.20. The zero-order chi connectivity index (χ0) is 13.2. The molecule has 1 saturated heterocycles. The Morgan fingerprint density at radius 2 is 2.22 bits per heavy atom. The molecular formula is C13H19NO3S. The van der Waals surface area contributed by atoms with Crippen LogP contribution < -0.4 is 10.1 Å². The Labute approximate surface area is 108 Å². The van der Waals surface area contributed by atoms with E-state index in [-0.39, 0.29) is 11.8 Å². The number of sulfone groups is 1. The van der Waals surface area contributed by atoms with E-state index in [1.165, 1.54) is 5.56 Å². The van der Waals surface area contributed by atoms with Gasteiger partial charge >= 0.3 is 0 Å². The first-order chi connectivity index (χ1) is 8.50. The van der Waals surface area contributed by atoms with E-state index >= 15 is 0 Å². The number of hydrogen-bond acceptors (Lipinski definition) is 4. The molecule has 1 aromatic rings. The van der Waals surface area contributed by atoms with Crippen molar-refractivity contribution in [2.45, 2.75) is 25.9 Å². The molecule has 100 valence electrons. The first-order valence-electron chi connectivity index (χ1n) is 6.07. The van der Waals surface area contributed by atoms with E-state index in [4.69, 9.17) is 4.74 Å². The molecule has 0 aliphatic carbocycles. The Morgan fingerprint density at radius 3 is 2.83 bits per heavy atom. The Kier molecular flexibility index (Phi) is 3.92. The van der Waals surface area contributed by atoms with Crippen molar-refractivity contribution in [3.8, 4) is 5.75 Å². The summed E-state index contributed by atoms with van der Waals surface area (Å²) in [5.41, 5.74) is 2.24. The fraction of sp³-hybridized carbons (Fsp3) is 0.538.